The van der Waals surface area contributed by atoms with E-state index in [1.165, 1.54) is 18.6 Å². The maximum atomic E-state index is 11.4. The van der Waals surface area contributed by atoms with Crippen LogP contribution in [0, 0.1) is 0 Å². The highest BCUT2D eigenvalue weighted by atomic mass is 35.5. The number of fused-ring (bicyclic) bond motifs is 1. The highest BCUT2D eigenvalue weighted by molar-refractivity contribution is 6.29. The Labute approximate surface area is 84.5 Å². The molecule has 0 unspecified atom stereocenters. The number of carbonyl (C=O) groups is 1. The summed E-state index contributed by atoms with van der Waals surface area (Å²) in [7, 11) is 0. The van der Waals surface area contributed by atoms with Crippen LogP contribution >= 0.6 is 11.6 Å². The molecule has 0 fully saturated rings. The van der Waals surface area contributed by atoms with Gasteiger partial charge in [0.05, 0.1) is 18.9 Å². The molecule has 0 bridgehead atoms. The van der Waals surface area contributed by atoms with E-state index in [1.807, 2.05) is 0 Å². The first kappa shape index (κ1) is 9.11. The number of nitrogens with zero attached hydrogens (tertiary/aromatic N) is 3. The molecule has 6 heteroatoms. The van der Waals surface area contributed by atoms with Crippen LogP contribution in [0.15, 0.2) is 18.6 Å². The molecule has 0 spiro atoms. The van der Waals surface area contributed by atoms with Crippen LogP contribution in [0.4, 0.5) is 0 Å². The van der Waals surface area contributed by atoms with Crippen molar-refractivity contribution in [1.82, 2.24) is 14.4 Å². The van der Waals surface area contributed by atoms with Crippen molar-refractivity contribution in [3.8, 4) is 0 Å². The van der Waals surface area contributed by atoms with E-state index in [4.69, 9.17) is 17.3 Å². The molecule has 2 N–H and O–H groups in total. The van der Waals surface area contributed by atoms with Gasteiger partial charge in [0.2, 0.25) is 0 Å². The molecule has 2 rings (SSSR count). The van der Waals surface area contributed by atoms with Crippen LogP contribution in [0.25, 0.3) is 5.65 Å². The van der Waals surface area contributed by atoms with Gasteiger partial charge in [0.1, 0.15) is 10.8 Å². The summed E-state index contributed by atoms with van der Waals surface area (Å²) in [6.45, 7) is -0.0479. The third kappa shape index (κ3) is 1.36. The lowest BCUT2D eigenvalue weighted by atomic mass is 10.3. The van der Waals surface area contributed by atoms with Crippen LogP contribution in [0.5, 0.6) is 0 Å². The Balaban J connectivity index is 2.67. The van der Waals surface area contributed by atoms with Crippen molar-refractivity contribution in [3.63, 3.8) is 0 Å². The third-order valence-electron chi connectivity index (χ3n) is 1.84. The van der Waals surface area contributed by atoms with Crippen LogP contribution in [0.2, 0.25) is 5.15 Å². The normalized spacial score (nSPS) is 10.7. The fourth-order valence-electron chi connectivity index (χ4n) is 1.18. The van der Waals surface area contributed by atoms with Crippen LogP contribution in [-0.2, 0) is 0 Å². The van der Waals surface area contributed by atoms with E-state index in [2.05, 4.69) is 9.97 Å². The average Bonchev–Trinajstić information content (AvgIpc) is 2.59. The molecule has 0 radical (unpaired) electrons. The second kappa shape index (κ2) is 3.36. The van der Waals surface area contributed by atoms with Crippen molar-refractivity contribution in [2.75, 3.05) is 6.54 Å². The van der Waals surface area contributed by atoms with Crippen molar-refractivity contribution in [2.24, 2.45) is 5.73 Å². The molecule has 2 heterocycles. The molecule has 0 aliphatic rings. The number of ketones is 1. The summed E-state index contributed by atoms with van der Waals surface area (Å²) in [4.78, 5) is 19.2. The lowest BCUT2D eigenvalue weighted by Crippen LogP contribution is -2.15. The minimum absolute atomic E-state index is 0.0479. The van der Waals surface area contributed by atoms with E-state index >= 15 is 0 Å². The van der Waals surface area contributed by atoms with Crippen molar-refractivity contribution < 1.29 is 4.79 Å². The molecule has 72 valence electrons. The molecule has 0 aromatic carbocycles. The fraction of sp³-hybridized carbons (Fsp3) is 0.125. The number of imidazole rings is 1. The van der Waals surface area contributed by atoms with Gasteiger partial charge in [0.15, 0.2) is 11.4 Å². The van der Waals surface area contributed by atoms with Gasteiger partial charge in [-0.1, -0.05) is 11.6 Å². The molecular weight excluding hydrogens is 204 g/mol. The Morgan fingerprint density at radius 2 is 2.29 bits per heavy atom. The van der Waals surface area contributed by atoms with Gasteiger partial charge in [-0.25, -0.2) is 9.97 Å². The average molecular weight is 211 g/mol. The molecule has 0 saturated heterocycles. The van der Waals surface area contributed by atoms with E-state index < -0.39 is 0 Å². The monoisotopic (exact) mass is 210 g/mol. The summed E-state index contributed by atoms with van der Waals surface area (Å²) in [5.41, 5.74) is 6.25. The second-order valence-electron chi connectivity index (χ2n) is 2.71. The van der Waals surface area contributed by atoms with Gasteiger partial charge in [-0.3, -0.25) is 9.20 Å². The smallest absolute Gasteiger partial charge is 0.194 e. The van der Waals surface area contributed by atoms with E-state index in [9.17, 15) is 4.79 Å². The Morgan fingerprint density at radius 3 is 3.00 bits per heavy atom. The Hall–Kier alpha value is -1.46. The molecule has 0 saturated carbocycles. The van der Waals surface area contributed by atoms with Crippen LogP contribution in [0.1, 0.15) is 10.5 Å². The number of rotatable bonds is 2. The minimum Gasteiger partial charge on any atom is -0.324 e. The van der Waals surface area contributed by atoms with Crippen molar-refractivity contribution in [3.05, 3.63) is 29.4 Å². The lowest BCUT2D eigenvalue weighted by molar-refractivity contribution is 0.0996. The van der Waals surface area contributed by atoms with Crippen LogP contribution in [0.3, 0.4) is 0 Å². The fourth-order valence-corrected chi connectivity index (χ4v) is 1.32. The predicted molar refractivity (Wildman–Crippen MR) is 51.4 cm³/mol. The topological polar surface area (TPSA) is 73.3 Å². The quantitative estimate of drug-likeness (QED) is 0.734. The van der Waals surface area contributed by atoms with E-state index in [1.54, 1.807) is 4.40 Å². The molecule has 0 aliphatic carbocycles. The molecule has 0 atom stereocenters. The zero-order valence-corrected chi connectivity index (χ0v) is 7.90. The van der Waals surface area contributed by atoms with Crippen LogP contribution in [-0.4, -0.2) is 26.7 Å². The molecule has 2 aromatic rings. The van der Waals surface area contributed by atoms with Gasteiger partial charge in [0.25, 0.3) is 0 Å². The first-order valence-corrected chi connectivity index (χ1v) is 4.32. The summed E-state index contributed by atoms with van der Waals surface area (Å²) < 4.78 is 1.57. The minimum atomic E-state index is -0.181. The van der Waals surface area contributed by atoms with Gasteiger partial charge in [-0.15, -0.1) is 0 Å². The van der Waals surface area contributed by atoms with Gasteiger partial charge >= 0.3 is 0 Å². The number of hydrogen-bond acceptors (Lipinski definition) is 4. The molecule has 2 aromatic heterocycles. The predicted octanol–water partition coefficient (Wildman–Crippen LogP) is 0.524. The molecule has 0 amide bonds. The zero-order chi connectivity index (χ0) is 10.1. The summed E-state index contributed by atoms with van der Waals surface area (Å²) >= 11 is 5.69. The van der Waals surface area contributed by atoms with Gasteiger partial charge in [0, 0.05) is 6.20 Å². The molecule has 14 heavy (non-hydrogen) atoms. The number of hydrogen-bond donors (Lipinski definition) is 1. The highest BCUT2D eigenvalue weighted by Gasteiger charge is 2.10. The van der Waals surface area contributed by atoms with Crippen molar-refractivity contribution >= 4 is 23.0 Å². The summed E-state index contributed by atoms with van der Waals surface area (Å²) in [6.07, 6.45) is 4.49. The Kier molecular flexibility index (Phi) is 2.18. The Bertz CT molecular complexity index is 493. The van der Waals surface area contributed by atoms with E-state index in [0.29, 0.717) is 16.5 Å². The van der Waals surface area contributed by atoms with Gasteiger partial charge in [-0.05, 0) is 0 Å². The van der Waals surface area contributed by atoms with Crippen LogP contribution < -0.4 is 5.73 Å². The molecule has 5 nitrogen and oxygen atoms in total. The number of Topliss-reactive ketones (excluding diaryl/α,β-unsaturated/α-hetero) is 1. The lowest BCUT2D eigenvalue weighted by Gasteiger charge is -1.98. The largest absolute Gasteiger partial charge is 0.324 e. The first-order chi connectivity index (χ1) is 6.72. The SMILES string of the molecule is NCC(=O)c1cnc2cnc(Cl)cn12. The van der Waals surface area contributed by atoms with E-state index in [0.717, 1.165) is 0 Å². The molecular formula is C8H7ClN4O. The zero-order valence-electron chi connectivity index (χ0n) is 7.14. The summed E-state index contributed by atoms with van der Waals surface area (Å²) in [5.74, 6) is -0.181. The second-order valence-corrected chi connectivity index (χ2v) is 3.10. The number of aromatic nitrogens is 3. The van der Waals surface area contributed by atoms with E-state index in [-0.39, 0.29) is 12.3 Å². The first-order valence-electron chi connectivity index (χ1n) is 3.94. The summed E-state index contributed by atoms with van der Waals surface area (Å²) in [6, 6.07) is 0. The maximum absolute atomic E-state index is 11.4. The van der Waals surface area contributed by atoms with Gasteiger partial charge < -0.3 is 5.73 Å². The van der Waals surface area contributed by atoms with Crippen molar-refractivity contribution in [2.45, 2.75) is 0 Å². The number of halogens is 1. The maximum Gasteiger partial charge on any atom is 0.194 e. The third-order valence-corrected chi connectivity index (χ3v) is 2.03. The molecule has 0 aliphatic heterocycles. The summed E-state index contributed by atoms with van der Waals surface area (Å²) in [5, 5.41) is 0.307. The number of nitrogens with two attached hydrogens (primary N) is 1. The highest BCUT2D eigenvalue weighted by Crippen LogP contribution is 2.09. The van der Waals surface area contributed by atoms with Gasteiger partial charge in [-0.2, -0.15) is 0 Å². The standard InChI is InChI=1S/C8H7ClN4O/c9-7-4-13-5(6(14)1-10)2-12-8(13)3-11-7/h2-4H,1,10H2. The Morgan fingerprint density at radius 1 is 1.50 bits per heavy atom. The number of carbonyl (C=O) groups excluding carboxylic acids is 1. The van der Waals surface area contributed by atoms with Crippen molar-refractivity contribution in [1.29, 1.82) is 0 Å².